The summed E-state index contributed by atoms with van der Waals surface area (Å²) in [6.07, 6.45) is 2.95. The van der Waals surface area contributed by atoms with Gasteiger partial charge in [0.25, 0.3) is 0 Å². The van der Waals surface area contributed by atoms with Crippen molar-refractivity contribution in [2.45, 2.75) is 13.3 Å². The van der Waals surface area contributed by atoms with Crippen molar-refractivity contribution in [3.63, 3.8) is 0 Å². The van der Waals surface area contributed by atoms with Crippen LogP contribution in [0, 0.1) is 0 Å². The van der Waals surface area contributed by atoms with E-state index in [2.05, 4.69) is 24.5 Å². The Kier molecular flexibility index (Phi) is 6.04. The van der Waals surface area contributed by atoms with E-state index in [0.29, 0.717) is 0 Å². The molecule has 7 heavy (non-hydrogen) atoms. The molecule has 0 N–H and O–H groups in total. The summed E-state index contributed by atoms with van der Waals surface area (Å²) < 4.78 is 0. The molecule has 0 atom stereocenters. The van der Waals surface area contributed by atoms with Crippen LogP contribution in [0.15, 0.2) is 4.99 Å². The van der Waals surface area contributed by atoms with Gasteiger partial charge in [0.05, 0.1) is 0 Å². The second-order valence-corrected chi connectivity index (χ2v) is 1.67. The molecular weight excluding hydrogens is 106 g/mol. The topological polar surface area (TPSA) is 12.4 Å². The van der Waals surface area contributed by atoms with Gasteiger partial charge in [-0.1, -0.05) is 6.92 Å². The van der Waals surface area contributed by atoms with Crippen LogP contribution in [0.4, 0.5) is 0 Å². The molecule has 0 rings (SSSR count). The van der Waals surface area contributed by atoms with Gasteiger partial charge in [0.1, 0.15) is 0 Å². The zero-order valence-electron chi connectivity index (χ0n) is 4.59. The maximum atomic E-state index is 4.01. The van der Waals surface area contributed by atoms with Crippen LogP contribution in [0.25, 0.3) is 0 Å². The SMILES string of the molecule is CCC=NCCS. The smallest absolute Gasteiger partial charge is 0.0473 e. The van der Waals surface area contributed by atoms with Gasteiger partial charge in [-0.15, -0.1) is 0 Å². The van der Waals surface area contributed by atoms with Crippen LogP contribution in [0.1, 0.15) is 13.3 Å². The first-order valence-electron chi connectivity index (χ1n) is 2.51. The van der Waals surface area contributed by atoms with Gasteiger partial charge in [-0.05, 0) is 12.6 Å². The molecule has 1 nitrogen and oxygen atoms in total. The molecule has 0 aliphatic heterocycles. The van der Waals surface area contributed by atoms with E-state index < -0.39 is 0 Å². The molecule has 0 unspecified atom stereocenters. The Labute approximate surface area is 50.2 Å². The Morgan fingerprint density at radius 2 is 2.43 bits per heavy atom. The van der Waals surface area contributed by atoms with Crippen LogP contribution in [0.2, 0.25) is 0 Å². The van der Waals surface area contributed by atoms with Crippen molar-refractivity contribution in [3.05, 3.63) is 0 Å². The molecule has 0 radical (unpaired) electrons. The summed E-state index contributed by atoms with van der Waals surface area (Å²) in [5.74, 6) is 0.858. The molecule has 0 spiro atoms. The Hall–Kier alpha value is 0.0200. The molecule has 0 fully saturated rings. The number of rotatable bonds is 3. The summed E-state index contributed by atoms with van der Waals surface area (Å²) in [6.45, 7) is 2.93. The molecule has 0 saturated heterocycles. The van der Waals surface area contributed by atoms with Crippen molar-refractivity contribution < 1.29 is 0 Å². The molecule has 0 aromatic carbocycles. The van der Waals surface area contributed by atoms with Gasteiger partial charge >= 0.3 is 0 Å². The fourth-order valence-corrected chi connectivity index (χ4v) is 0.394. The zero-order valence-corrected chi connectivity index (χ0v) is 5.49. The molecule has 0 aliphatic rings. The minimum absolute atomic E-state index is 0.858. The maximum Gasteiger partial charge on any atom is 0.0473 e. The summed E-state index contributed by atoms with van der Waals surface area (Å²) >= 11 is 3.98. The molecule has 0 bridgehead atoms. The van der Waals surface area contributed by atoms with Gasteiger partial charge < -0.3 is 0 Å². The minimum Gasteiger partial charge on any atom is -0.297 e. The molecule has 0 saturated carbocycles. The standard InChI is InChI=1S/C5H11NS/c1-2-3-6-4-5-7/h3,7H,2,4-5H2,1H3. The summed E-state index contributed by atoms with van der Waals surface area (Å²) in [6, 6.07) is 0. The van der Waals surface area contributed by atoms with Gasteiger partial charge in [0, 0.05) is 12.3 Å². The average molecular weight is 117 g/mol. The van der Waals surface area contributed by atoms with Crippen molar-refractivity contribution in [1.82, 2.24) is 0 Å². The van der Waals surface area contributed by atoms with Crippen molar-refractivity contribution >= 4 is 18.8 Å². The van der Waals surface area contributed by atoms with Crippen molar-refractivity contribution in [2.24, 2.45) is 4.99 Å². The number of hydrogen-bond acceptors (Lipinski definition) is 2. The normalized spacial score (nSPS) is 10.6. The van der Waals surface area contributed by atoms with E-state index in [0.717, 1.165) is 18.7 Å². The van der Waals surface area contributed by atoms with Gasteiger partial charge in [0.2, 0.25) is 0 Å². The quantitative estimate of drug-likeness (QED) is 0.424. The monoisotopic (exact) mass is 117 g/mol. The Morgan fingerprint density at radius 3 is 2.86 bits per heavy atom. The molecule has 0 amide bonds. The third kappa shape index (κ3) is 6.02. The predicted octanol–water partition coefficient (Wildman–Crippen LogP) is 1.40. The second-order valence-electron chi connectivity index (χ2n) is 1.22. The maximum absolute atomic E-state index is 4.01. The van der Waals surface area contributed by atoms with Gasteiger partial charge in [0.15, 0.2) is 0 Å². The lowest BCUT2D eigenvalue weighted by atomic mass is 10.5. The van der Waals surface area contributed by atoms with E-state index in [9.17, 15) is 0 Å². The van der Waals surface area contributed by atoms with E-state index >= 15 is 0 Å². The molecule has 0 heterocycles. The van der Waals surface area contributed by atoms with E-state index in [1.54, 1.807) is 0 Å². The second kappa shape index (κ2) is 6.02. The fourth-order valence-electron chi connectivity index (χ4n) is 0.278. The van der Waals surface area contributed by atoms with Gasteiger partial charge in [-0.2, -0.15) is 12.6 Å². The first-order chi connectivity index (χ1) is 3.41. The number of nitrogens with zero attached hydrogens (tertiary/aromatic N) is 1. The Balaban J connectivity index is 2.78. The molecule has 0 aromatic rings. The summed E-state index contributed by atoms with van der Waals surface area (Å²) in [5.41, 5.74) is 0. The average Bonchev–Trinajstić information content (AvgIpc) is 1.69. The minimum atomic E-state index is 0.858. The first kappa shape index (κ1) is 7.02. The van der Waals surface area contributed by atoms with Crippen LogP contribution < -0.4 is 0 Å². The number of thiol groups is 1. The predicted molar refractivity (Wildman–Crippen MR) is 37.5 cm³/mol. The molecule has 42 valence electrons. The van der Waals surface area contributed by atoms with E-state index in [-0.39, 0.29) is 0 Å². The summed E-state index contributed by atoms with van der Waals surface area (Å²) in [5, 5.41) is 0. The van der Waals surface area contributed by atoms with Crippen molar-refractivity contribution in [1.29, 1.82) is 0 Å². The summed E-state index contributed by atoms with van der Waals surface area (Å²) in [7, 11) is 0. The Morgan fingerprint density at radius 1 is 1.71 bits per heavy atom. The fraction of sp³-hybridized carbons (Fsp3) is 0.800. The number of aliphatic imine (C=N–C) groups is 1. The number of hydrogen-bond donors (Lipinski definition) is 1. The lowest BCUT2D eigenvalue weighted by molar-refractivity contribution is 1.14. The molecular formula is C5H11NS. The highest BCUT2D eigenvalue weighted by atomic mass is 32.1. The molecule has 0 aromatic heterocycles. The third-order valence-electron chi connectivity index (χ3n) is 0.541. The molecule has 0 aliphatic carbocycles. The first-order valence-corrected chi connectivity index (χ1v) is 3.14. The van der Waals surface area contributed by atoms with Gasteiger partial charge in [-0.3, -0.25) is 4.99 Å². The Bertz CT molecular complexity index is 52.0. The van der Waals surface area contributed by atoms with E-state index in [1.807, 2.05) is 6.21 Å². The van der Waals surface area contributed by atoms with E-state index in [1.165, 1.54) is 0 Å². The van der Waals surface area contributed by atoms with Crippen LogP contribution >= 0.6 is 12.6 Å². The van der Waals surface area contributed by atoms with Crippen molar-refractivity contribution in [2.75, 3.05) is 12.3 Å². The molecule has 2 heteroatoms. The highest BCUT2D eigenvalue weighted by Gasteiger charge is 1.68. The largest absolute Gasteiger partial charge is 0.297 e. The third-order valence-corrected chi connectivity index (χ3v) is 0.741. The van der Waals surface area contributed by atoms with Gasteiger partial charge in [-0.25, -0.2) is 0 Å². The van der Waals surface area contributed by atoms with Crippen LogP contribution in [-0.4, -0.2) is 18.5 Å². The van der Waals surface area contributed by atoms with Crippen molar-refractivity contribution in [3.8, 4) is 0 Å². The van der Waals surface area contributed by atoms with Crippen LogP contribution in [0.3, 0.4) is 0 Å². The highest BCUT2D eigenvalue weighted by molar-refractivity contribution is 7.80. The lowest BCUT2D eigenvalue weighted by Crippen LogP contribution is -1.79. The highest BCUT2D eigenvalue weighted by Crippen LogP contribution is 1.74. The zero-order chi connectivity index (χ0) is 5.54. The van der Waals surface area contributed by atoms with Crippen LogP contribution in [-0.2, 0) is 0 Å². The van der Waals surface area contributed by atoms with Crippen LogP contribution in [0.5, 0.6) is 0 Å². The van der Waals surface area contributed by atoms with E-state index in [4.69, 9.17) is 0 Å². The lowest BCUT2D eigenvalue weighted by Gasteiger charge is -1.80. The summed E-state index contributed by atoms with van der Waals surface area (Å²) in [4.78, 5) is 4.01.